The van der Waals surface area contributed by atoms with Gasteiger partial charge in [0.2, 0.25) is 5.91 Å². The molecule has 0 fully saturated rings. The van der Waals surface area contributed by atoms with Crippen molar-refractivity contribution in [1.82, 2.24) is 4.90 Å². The maximum absolute atomic E-state index is 12.2. The van der Waals surface area contributed by atoms with Crippen LogP contribution in [0.25, 0.3) is 0 Å². The highest BCUT2D eigenvalue weighted by atomic mass is 16.5. The molecule has 1 amide bonds. The molecule has 0 atom stereocenters. The number of amides is 1. The molecule has 106 valence electrons. The fourth-order valence-corrected chi connectivity index (χ4v) is 1.88. The van der Waals surface area contributed by atoms with Crippen LogP contribution in [0.2, 0.25) is 0 Å². The molecule has 0 unspecified atom stereocenters. The molecule has 0 bridgehead atoms. The number of ether oxygens (including phenoxy) is 2. The van der Waals surface area contributed by atoms with E-state index in [2.05, 4.69) is 0 Å². The molecule has 4 heteroatoms. The van der Waals surface area contributed by atoms with Gasteiger partial charge in [-0.2, -0.15) is 0 Å². The lowest BCUT2D eigenvalue weighted by molar-refractivity contribution is -0.138. The van der Waals surface area contributed by atoms with Gasteiger partial charge < -0.3 is 14.4 Å². The molecule has 0 saturated carbocycles. The van der Waals surface area contributed by atoms with Gasteiger partial charge in [0.15, 0.2) is 0 Å². The number of carbonyl (C=O) groups is 1. The highest BCUT2D eigenvalue weighted by Gasteiger charge is 2.25. The molecule has 0 aromatic heterocycles. The van der Waals surface area contributed by atoms with Gasteiger partial charge >= 0.3 is 0 Å². The van der Waals surface area contributed by atoms with Crippen LogP contribution in [0.3, 0.4) is 0 Å². The summed E-state index contributed by atoms with van der Waals surface area (Å²) in [6.45, 7) is 6.26. The van der Waals surface area contributed by atoms with Gasteiger partial charge in [0.05, 0.1) is 14.2 Å². The van der Waals surface area contributed by atoms with E-state index in [0.717, 1.165) is 17.1 Å². The van der Waals surface area contributed by atoms with Crippen LogP contribution in [-0.4, -0.2) is 32.1 Å². The second-order valence-electron chi connectivity index (χ2n) is 5.59. The van der Waals surface area contributed by atoms with Crippen molar-refractivity contribution in [2.24, 2.45) is 5.41 Å². The zero-order chi connectivity index (χ0) is 14.6. The molecule has 4 nitrogen and oxygen atoms in total. The molecule has 0 radical (unpaired) electrons. The molecule has 1 aromatic carbocycles. The van der Waals surface area contributed by atoms with Crippen LogP contribution >= 0.6 is 0 Å². The summed E-state index contributed by atoms with van der Waals surface area (Å²) in [5.74, 6) is 1.57. The van der Waals surface area contributed by atoms with Crippen LogP contribution in [0.1, 0.15) is 26.3 Å². The van der Waals surface area contributed by atoms with Crippen molar-refractivity contribution in [3.63, 3.8) is 0 Å². The van der Waals surface area contributed by atoms with Crippen LogP contribution in [0, 0.1) is 5.41 Å². The molecule has 0 N–H and O–H groups in total. The molecule has 0 saturated heterocycles. The fourth-order valence-electron chi connectivity index (χ4n) is 1.88. The average Bonchev–Trinajstić information content (AvgIpc) is 2.37. The lowest BCUT2D eigenvalue weighted by atomic mass is 9.95. The van der Waals surface area contributed by atoms with E-state index in [1.54, 1.807) is 26.2 Å². The minimum absolute atomic E-state index is 0.102. The molecule has 19 heavy (non-hydrogen) atoms. The first-order valence-electron chi connectivity index (χ1n) is 6.26. The number of rotatable bonds is 4. The Morgan fingerprint density at radius 3 is 2.32 bits per heavy atom. The van der Waals surface area contributed by atoms with Crippen molar-refractivity contribution in [1.29, 1.82) is 0 Å². The smallest absolute Gasteiger partial charge is 0.227 e. The topological polar surface area (TPSA) is 38.8 Å². The van der Waals surface area contributed by atoms with Crippen molar-refractivity contribution in [3.8, 4) is 11.5 Å². The van der Waals surface area contributed by atoms with E-state index < -0.39 is 0 Å². The summed E-state index contributed by atoms with van der Waals surface area (Å²) in [6, 6.07) is 5.61. The third-order valence-electron chi connectivity index (χ3n) is 2.89. The predicted molar refractivity (Wildman–Crippen MR) is 75.5 cm³/mol. The van der Waals surface area contributed by atoms with Gasteiger partial charge in [-0.05, 0) is 12.1 Å². The molecule has 0 aliphatic heterocycles. The minimum atomic E-state index is -0.381. The normalized spacial score (nSPS) is 11.1. The Balaban J connectivity index is 2.90. The third kappa shape index (κ3) is 3.88. The van der Waals surface area contributed by atoms with Crippen molar-refractivity contribution in [2.45, 2.75) is 27.3 Å². The van der Waals surface area contributed by atoms with Crippen LogP contribution in [-0.2, 0) is 11.3 Å². The fraction of sp³-hybridized carbons (Fsp3) is 0.533. The Kier molecular flexibility index (Phi) is 4.81. The zero-order valence-corrected chi connectivity index (χ0v) is 12.6. The van der Waals surface area contributed by atoms with E-state index in [-0.39, 0.29) is 11.3 Å². The summed E-state index contributed by atoms with van der Waals surface area (Å²) in [4.78, 5) is 13.9. The second-order valence-corrected chi connectivity index (χ2v) is 5.59. The molecule has 0 aliphatic carbocycles. The Labute approximate surface area is 115 Å². The number of methoxy groups -OCH3 is 2. The molecular formula is C15H23NO3. The lowest BCUT2D eigenvalue weighted by Crippen LogP contribution is -2.36. The highest BCUT2D eigenvalue weighted by molar-refractivity contribution is 5.81. The molecule has 0 spiro atoms. The Hall–Kier alpha value is -1.71. The number of hydrogen-bond donors (Lipinski definition) is 0. The average molecular weight is 265 g/mol. The zero-order valence-electron chi connectivity index (χ0n) is 12.6. The van der Waals surface area contributed by atoms with E-state index in [4.69, 9.17) is 9.47 Å². The summed E-state index contributed by atoms with van der Waals surface area (Å²) in [5.41, 5.74) is 0.581. The molecular weight excluding hydrogens is 242 g/mol. The Morgan fingerprint density at radius 2 is 1.84 bits per heavy atom. The molecule has 1 rings (SSSR count). The Morgan fingerprint density at radius 1 is 1.21 bits per heavy atom. The van der Waals surface area contributed by atoms with Crippen LogP contribution in [0.15, 0.2) is 18.2 Å². The van der Waals surface area contributed by atoms with Gasteiger partial charge in [0.25, 0.3) is 0 Å². The Bertz CT molecular complexity index is 449. The molecule has 0 aliphatic rings. The van der Waals surface area contributed by atoms with E-state index in [1.807, 2.05) is 39.0 Å². The monoisotopic (exact) mass is 265 g/mol. The van der Waals surface area contributed by atoms with E-state index in [0.29, 0.717) is 6.54 Å². The molecule has 1 aromatic rings. The van der Waals surface area contributed by atoms with Crippen LogP contribution in [0.4, 0.5) is 0 Å². The highest BCUT2D eigenvalue weighted by Crippen LogP contribution is 2.26. The van der Waals surface area contributed by atoms with Crippen molar-refractivity contribution < 1.29 is 14.3 Å². The number of carbonyl (C=O) groups excluding carboxylic acids is 1. The summed E-state index contributed by atoms with van der Waals surface area (Å²) in [6.07, 6.45) is 0. The van der Waals surface area contributed by atoms with Gasteiger partial charge in [-0.25, -0.2) is 0 Å². The quantitative estimate of drug-likeness (QED) is 0.840. The van der Waals surface area contributed by atoms with Gasteiger partial charge in [0.1, 0.15) is 11.5 Å². The van der Waals surface area contributed by atoms with Crippen molar-refractivity contribution in [3.05, 3.63) is 23.8 Å². The van der Waals surface area contributed by atoms with Crippen molar-refractivity contribution >= 4 is 5.91 Å². The van der Waals surface area contributed by atoms with E-state index in [1.165, 1.54) is 0 Å². The first-order chi connectivity index (χ1) is 8.79. The summed E-state index contributed by atoms with van der Waals surface area (Å²) in [7, 11) is 5.03. The van der Waals surface area contributed by atoms with Gasteiger partial charge in [-0.3, -0.25) is 4.79 Å². The van der Waals surface area contributed by atoms with E-state index >= 15 is 0 Å². The van der Waals surface area contributed by atoms with Gasteiger partial charge in [-0.15, -0.1) is 0 Å². The molecule has 0 heterocycles. The number of benzene rings is 1. The predicted octanol–water partition coefficient (Wildman–Crippen LogP) is 2.71. The van der Waals surface area contributed by atoms with Crippen LogP contribution < -0.4 is 9.47 Å². The summed E-state index contributed by atoms with van der Waals surface area (Å²) >= 11 is 0. The summed E-state index contributed by atoms with van der Waals surface area (Å²) in [5, 5.41) is 0. The van der Waals surface area contributed by atoms with Crippen LogP contribution in [0.5, 0.6) is 11.5 Å². The number of nitrogens with zero attached hydrogens (tertiary/aromatic N) is 1. The lowest BCUT2D eigenvalue weighted by Gasteiger charge is -2.26. The number of hydrogen-bond acceptors (Lipinski definition) is 3. The second kappa shape index (κ2) is 5.95. The standard InChI is InChI=1S/C15H23NO3/c1-15(2,3)14(17)16(4)10-11-7-8-12(18-5)9-13(11)19-6/h7-9H,10H2,1-6H3. The first kappa shape index (κ1) is 15.3. The van der Waals surface area contributed by atoms with Crippen molar-refractivity contribution in [2.75, 3.05) is 21.3 Å². The largest absolute Gasteiger partial charge is 0.497 e. The first-order valence-corrected chi connectivity index (χ1v) is 6.26. The van der Waals surface area contributed by atoms with Gasteiger partial charge in [0, 0.05) is 30.6 Å². The SMILES string of the molecule is COc1ccc(CN(C)C(=O)C(C)(C)C)c(OC)c1. The van der Waals surface area contributed by atoms with E-state index in [9.17, 15) is 4.79 Å². The van der Waals surface area contributed by atoms with Gasteiger partial charge in [-0.1, -0.05) is 20.8 Å². The third-order valence-corrected chi connectivity index (χ3v) is 2.89. The maximum atomic E-state index is 12.2. The minimum Gasteiger partial charge on any atom is -0.497 e. The summed E-state index contributed by atoms with van der Waals surface area (Å²) < 4.78 is 10.5. The maximum Gasteiger partial charge on any atom is 0.227 e.